The lowest BCUT2D eigenvalue weighted by atomic mass is 10.1. The molecule has 1 heterocycles. The Morgan fingerprint density at radius 1 is 0.844 bits per heavy atom. The number of anilines is 1. The van der Waals surface area contributed by atoms with E-state index in [0.717, 1.165) is 62.8 Å². The van der Waals surface area contributed by atoms with Gasteiger partial charge >= 0.3 is 0 Å². The second kappa shape index (κ2) is 11.6. The number of benzene rings is 2. The number of rotatable bonds is 11. The minimum absolute atomic E-state index is 0.0137. The van der Waals surface area contributed by atoms with Crippen molar-refractivity contribution in [3.63, 3.8) is 0 Å². The standard InChI is InChI=1S/C25H34N2O5/c1-19(28)20-7-9-24(25(17-20)31-4)32-16-6-5-11-26-12-14-27(15-13-26)22-18-21(29-2)8-10-23(22)30-3/h7-10,17-18H,5-6,11-16H2,1-4H3. The average molecular weight is 443 g/mol. The van der Waals surface area contributed by atoms with Gasteiger partial charge in [0.1, 0.15) is 11.5 Å². The van der Waals surface area contributed by atoms with Crippen LogP contribution in [0.2, 0.25) is 0 Å². The first kappa shape index (κ1) is 23.7. The van der Waals surface area contributed by atoms with Gasteiger partial charge in [-0.3, -0.25) is 9.69 Å². The number of nitrogens with zero attached hydrogens (tertiary/aromatic N) is 2. The van der Waals surface area contributed by atoms with Crippen LogP contribution in [-0.2, 0) is 0 Å². The minimum atomic E-state index is 0.0137. The molecule has 0 bridgehead atoms. The van der Waals surface area contributed by atoms with E-state index in [2.05, 4.69) is 9.80 Å². The molecule has 0 spiro atoms. The molecule has 1 fully saturated rings. The summed E-state index contributed by atoms with van der Waals surface area (Å²) >= 11 is 0. The van der Waals surface area contributed by atoms with Crippen molar-refractivity contribution in [2.24, 2.45) is 0 Å². The van der Waals surface area contributed by atoms with Crippen molar-refractivity contribution in [2.45, 2.75) is 19.8 Å². The van der Waals surface area contributed by atoms with Gasteiger partial charge in [0.05, 0.1) is 33.6 Å². The van der Waals surface area contributed by atoms with Crippen LogP contribution >= 0.6 is 0 Å². The number of ether oxygens (including phenoxy) is 4. The van der Waals surface area contributed by atoms with Crippen molar-refractivity contribution in [3.8, 4) is 23.0 Å². The maximum absolute atomic E-state index is 11.5. The zero-order chi connectivity index (χ0) is 22.9. The summed E-state index contributed by atoms with van der Waals surface area (Å²) in [6, 6.07) is 11.2. The number of carbonyl (C=O) groups is 1. The molecule has 1 aliphatic rings. The first-order chi connectivity index (χ1) is 15.5. The normalized spacial score (nSPS) is 14.2. The van der Waals surface area contributed by atoms with Crippen molar-refractivity contribution >= 4 is 11.5 Å². The summed E-state index contributed by atoms with van der Waals surface area (Å²) in [7, 11) is 4.98. The SMILES string of the molecule is COc1ccc(OC)c(N2CCN(CCCCOc3ccc(C(C)=O)cc3OC)CC2)c1. The largest absolute Gasteiger partial charge is 0.497 e. The number of hydrogen-bond donors (Lipinski definition) is 0. The summed E-state index contributed by atoms with van der Waals surface area (Å²) in [5.74, 6) is 3.01. The van der Waals surface area contributed by atoms with Crippen molar-refractivity contribution in [3.05, 3.63) is 42.0 Å². The van der Waals surface area contributed by atoms with E-state index in [9.17, 15) is 4.79 Å². The third-order valence-corrected chi connectivity index (χ3v) is 5.80. The van der Waals surface area contributed by atoms with Crippen LogP contribution in [0.5, 0.6) is 23.0 Å². The van der Waals surface area contributed by atoms with Crippen LogP contribution in [0.3, 0.4) is 0 Å². The number of hydrogen-bond acceptors (Lipinski definition) is 7. The smallest absolute Gasteiger partial charge is 0.161 e. The van der Waals surface area contributed by atoms with Crippen LogP contribution in [0.15, 0.2) is 36.4 Å². The number of piperazine rings is 1. The Hall–Kier alpha value is -2.93. The lowest BCUT2D eigenvalue weighted by Gasteiger charge is -2.36. The maximum atomic E-state index is 11.5. The molecule has 0 amide bonds. The number of ketones is 1. The van der Waals surface area contributed by atoms with Gasteiger partial charge in [-0.2, -0.15) is 0 Å². The van der Waals surface area contributed by atoms with Gasteiger partial charge < -0.3 is 23.8 Å². The van der Waals surface area contributed by atoms with Crippen LogP contribution in [0.4, 0.5) is 5.69 Å². The Balaban J connectivity index is 1.40. The summed E-state index contributed by atoms with van der Waals surface area (Å²) in [6.45, 7) is 7.16. The zero-order valence-electron chi connectivity index (χ0n) is 19.6. The average Bonchev–Trinajstić information content (AvgIpc) is 2.83. The van der Waals surface area contributed by atoms with Gasteiger partial charge in [0.25, 0.3) is 0 Å². The van der Waals surface area contributed by atoms with E-state index in [0.29, 0.717) is 23.7 Å². The molecule has 7 heteroatoms. The minimum Gasteiger partial charge on any atom is -0.497 e. The highest BCUT2D eigenvalue weighted by molar-refractivity contribution is 5.94. The topological polar surface area (TPSA) is 60.5 Å². The van der Waals surface area contributed by atoms with Crippen LogP contribution in [-0.4, -0.2) is 71.3 Å². The quantitative estimate of drug-likeness (QED) is 0.386. The highest BCUT2D eigenvalue weighted by Gasteiger charge is 2.20. The predicted octanol–water partition coefficient (Wildman–Crippen LogP) is 3.90. The van der Waals surface area contributed by atoms with Gasteiger partial charge in [0, 0.05) is 37.8 Å². The van der Waals surface area contributed by atoms with E-state index in [4.69, 9.17) is 18.9 Å². The molecule has 0 atom stereocenters. The Morgan fingerprint density at radius 2 is 1.56 bits per heavy atom. The lowest BCUT2D eigenvalue weighted by molar-refractivity contribution is 0.101. The van der Waals surface area contributed by atoms with E-state index in [1.54, 1.807) is 40.4 Å². The first-order valence-electron chi connectivity index (χ1n) is 11.1. The molecular weight excluding hydrogens is 408 g/mol. The third kappa shape index (κ3) is 6.07. The molecule has 32 heavy (non-hydrogen) atoms. The summed E-state index contributed by atoms with van der Waals surface area (Å²) in [5, 5.41) is 0. The molecule has 2 aromatic carbocycles. The number of carbonyl (C=O) groups excluding carboxylic acids is 1. The molecular formula is C25H34N2O5. The fraction of sp³-hybridized carbons (Fsp3) is 0.480. The molecule has 0 N–H and O–H groups in total. The van der Waals surface area contributed by atoms with Crippen molar-refractivity contribution in [2.75, 3.05) is 65.6 Å². The van der Waals surface area contributed by atoms with E-state index < -0.39 is 0 Å². The van der Waals surface area contributed by atoms with Gasteiger partial charge in [-0.15, -0.1) is 0 Å². The highest BCUT2D eigenvalue weighted by atomic mass is 16.5. The molecule has 1 aliphatic heterocycles. The molecule has 174 valence electrons. The summed E-state index contributed by atoms with van der Waals surface area (Å²) in [4.78, 5) is 16.4. The molecule has 0 radical (unpaired) electrons. The first-order valence-corrected chi connectivity index (χ1v) is 11.1. The Bertz CT molecular complexity index is 894. The van der Waals surface area contributed by atoms with Gasteiger partial charge in [-0.05, 0) is 56.6 Å². The molecule has 7 nitrogen and oxygen atoms in total. The van der Waals surface area contributed by atoms with E-state index >= 15 is 0 Å². The Kier molecular flexibility index (Phi) is 8.62. The monoisotopic (exact) mass is 442 g/mol. The van der Waals surface area contributed by atoms with Gasteiger partial charge in [0.15, 0.2) is 17.3 Å². The predicted molar refractivity (Wildman–Crippen MR) is 126 cm³/mol. The van der Waals surface area contributed by atoms with Gasteiger partial charge in [-0.1, -0.05) is 0 Å². The van der Waals surface area contributed by atoms with Crippen LogP contribution < -0.4 is 23.8 Å². The van der Waals surface area contributed by atoms with Crippen molar-refractivity contribution in [1.29, 1.82) is 0 Å². The summed E-state index contributed by atoms with van der Waals surface area (Å²) in [6.07, 6.45) is 2.03. The summed E-state index contributed by atoms with van der Waals surface area (Å²) < 4.78 is 22.2. The molecule has 0 aliphatic carbocycles. The zero-order valence-corrected chi connectivity index (χ0v) is 19.6. The fourth-order valence-corrected chi connectivity index (χ4v) is 3.88. The highest BCUT2D eigenvalue weighted by Crippen LogP contribution is 2.33. The molecule has 0 saturated carbocycles. The summed E-state index contributed by atoms with van der Waals surface area (Å²) in [5.41, 5.74) is 1.71. The molecule has 0 aromatic heterocycles. The molecule has 1 saturated heterocycles. The maximum Gasteiger partial charge on any atom is 0.161 e. The number of methoxy groups -OCH3 is 3. The Labute approximate surface area is 190 Å². The van der Waals surface area contributed by atoms with E-state index in [-0.39, 0.29) is 5.78 Å². The number of unbranched alkanes of at least 4 members (excludes halogenated alkanes) is 1. The number of Topliss-reactive ketones (excluding diaryl/α,β-unsaturated/α-hetero) is 1. The van der Waals surface area contributed by atoms with Crippen molar-refractivity contribution < 1.29 is 23.7 Å². The third-order valence-electron chi connectivity index (χ3n) is 5.80. The van der Waals surface area contributed by atoms with Gasteiger partial charge in [0.2, 0.25) is 0 Å². The second-order valence-electron chi connectivity index (χ2n) is 7.84. The van der Waals surface area contributed by atoms with Gasteiger partial charge in [-0.25, -0.2) is 0 Å². The van der Waals surface area contributed by atoms with Crippen LogP contribution in [0, 0.1) is 0 Å². The second-order valence-corrected chi connectivity index (χ2v) is 7.84. The molecule has 3 rings (SSSR count). The lowest BCUT2D eigenvalue weighted by Crippen LogP contribution is -2.46. The van der Waals surface area contributed by atoms with E-state index in [1.807, 2.05) is 24.3 Å². The Morgan fingerprint density at radius 3 is 2.22 bits per heavy atom. The van der Waals surface area contributed by atoms with E-state index in [1.165, 1.54) is 0 Å². The van der Waals surface area contributed by atoms with Crippen LogP contribution in [0.1, 0.15) is 30.1 Å². The molecule has 0 unspecified atom stereocenters. The van der Waals surface area contributed by atoms with Crippen molar-refractivity contribution in [1.82, 2.24) is 4.90 Å². The van der Waals surface area contributed by atoms with Crippen LogP contribution in [0.25, 0.3) is 0 Å². The fourth-order valence-electron chi connectivity index (χ4n) is 3.88. The molecule has 2 aromatic rings.